The number of rotatable bonds is 5. The maximum absolute atomic E-state index is 13.4. The smallest absolute Gasteiger partial charge is 0.129 e. The monoisotopic (exact) mass is 225 g/mol. The highest BCUT2D eigenvalue weighted by Gasteiger charge is 2.14. The molecule has 0 fully saturated rings. The second-order valence-corrected chi connectivity index (χ2v) is 4.05. The van der Waals surface area contributed by atoms with E-state index in [0.29, 0.717) is 12.8 Å². The van der Waals surface area contributed by atoms with Crippen molar-refractivity contribution < 1.29 is 8.78 Å². The lowest BCUT2D eigenvalue weighted by molar-refractivity contribution is 0.501. The zero-order valence-corrected chi connectivity index (χ0v) is 9.69. The van der Waals surface area contributed by atoms with Crippen molar-refractivity contribution in [1.82, 2.24) is 5.32 Å². The summed E-state index contributed by atoms with van der Waals surface area (Å²) in [5, 5.41) is 3.04. The molecule has 0 aliphatic heterocycles. The number of hydrogen-bond donors (Lipinski definition) is 1. The summed E-state index contributed by atoms with van der Waals surface area (Å²) in [6, 6.07) is 3.96. The first-order chi connectivity index (χ1) is 7.54. The molecule has 0 amide bonds. The van der Waals surface area contributed by atoms with Crippen molar-refractivity contribution in [3.05, 3.63) is 47.5 Å². The Labute approximate surface area is 95.2 Å². The molecule has 0 bridgehead atoms. The highest BCUT2D eigenvalue weighted by molar-refractivity contribution is 5.21. The average molecular weight is 225 g/mol. The minimum absolute atomic E-state index is 0.0175. The van der Waals surface area contributed by atoms with Crippen molar-refractivity contribution in [2.24, 2.45) is 0 Å². The first-order valence-electron chi connectivity index (χ1n) is 5.29. The second kappa shape index (κ2) is 5.75. The molecule has 0 aliphatic carbocycles. The molecular weight excluding hydrogens is 208 g/mol. The summed E-state index contributed by atoms with van der Waals surface area (Å²) >= 11 is 0. The van der Waals surface area contributed by atoms with Crippen LogP contribution in [-0.4, -0.2) is 13.1 Å². The molecule has 1 unspecified atom stereocenters. The molecule has 16 heavy (non-hydrogen) atoms. The van der Waals surface area contributed by atoms with E-state index in [1.54, 1.807) is 7.05 Å². The van der Waals surface area contributed by atoms with Crippen LogP contribution in [0.2, 0.25) is 0 Å². The van der Waals surface area contributed by atoms with Crippen molar-refractivity contribution >= 4 is 0 Å². The Bertz CT molecular complexity index is 354. The van der Waals surface area contributed by atoms with Crippen LogP contribution >= 0.6 is 0 Å². The van der Waals surface area contributed by atoms with Crippen LogP contribution in [0, 0.1) is 11.6 Å². The maximum atomic E-state index is 13.4. The van der Waals surface area contributed by atoms with Gasteiger partial charge in [0.05, 0.1) is 0 Å². The van der Waals surface area contributed by atoms with Crippen LogP contribution in [0.4, 0.5) is 8.78 Å². The summed E-state index contributed by atoms with van der Waals surface area (Å²) in [5.41, 5.74) is 1.14. The van der Waals surface area contributed by atoms with Crippen LogP contribution in [0.15, 0.2) is 30.4 Å². The third-order valence-corrected chi connectivity index (χ3v) is 2.52. The van der Waals surface area contributed by atoms with Crippen molar-refractivity contribution in [2.75, 3.05) is 7.05 Å². The Hall–Kier alpha value is -1.22. The van der Waals surface area contributed by atoms with Gasteiger partial charge in [0.2, 0.25) is 0 Å². The minimum Gasteiger partial charge on any atom is -0.316 e. The SMILES string of the molecule is C=C(C)CC(Cc1c(F)cccc1F)NC. The standard InChI is InChI=1S/C13H17F2N/c1-9(2)7-10(16-3)8-11-12(14)5-4-6-13(11)15/h4-6,10,16H,1,7-8H2,2-3H3. The predicted octanol–water partition coefficient (Wildman–Crippen LogP) is 3.06. The van der Waals surface area contributed by atoms with E-state index in [1.807, 2.05) is 6.92 Å². The van der Waals surface area contributed by atoms with Gasteiger partial charge in [0.1, 0.15) is 11.6 Å². The van der Waals surface area contributed by atoms with Crippen molar-refractivity contribution in [2.45, 2.75) is 25.8 Å². The van der Waals surface area contributed by atoms with Crippen LogP contribution < -0.4 is 5.32 Å². The fourth-order valence-corrected chi connectivity index (χ4v) is 1.67. The Morgan fingerprint density at radius 3 is 2.38 bits per heavy atom. The van der Waals surface area contributed by atoms with Crippen molar-refractivity contribution in [1.29, 1.82) is 0 Å². The fourth-order valence-electron chi connectivity index (χ4n) is 1.67. The Morgan fingerprint density at radius 1 is 1.38 bits per heavy atom. The normalized spacial score (nSPS) is 12.5. The lowest BCUT2D eigenvalue weighted by Gasteiger charge is -2.16. The minimum atomic E-state index is -0.484. The summed E-state index contributed by atoms with van der Waals surface area (Å²) in [5.74, 6) is -0.969. The van der Waals surface area contributed by atoms with E-state index < -0.39 is 11.6 Å². The van der Waals surface area contributed by atoms with E-state index in [0.717, 1.165) is 5.57 Å². The van der Waals surface area contributed by atoms with Gasteiger partial charge in [-0.25, -0.2) is 8.78 Å². The van der Waals surface area contributed by atoms with E-state index in [1.165, 1.54) is 18.2 Å². The first kappa shape index (κ1) is 12.8. The third kappa shape index (κ3) is 3.42. The quantitative estimate of drug-likeness (QED) is 0.759. The molecule has 1 N–H and O–H groups in total. The second-order valence-electron chi connectivity index (χ2n) is 4.05. The molecule has 1 nitrogen and oxygen atoms in total. The number of hydrogen-bond acceptors (Lipinski definition) is 1. The lowest BCUT2D eigenvalue weighted by atomic mass is 10.00. The molecule has 0 saturated heterocycles. The molecule has 0 aliphatic rings. The zero-order valence-electron chi connectivity index (χ0n) is 9.69. The summed E-state index contributed by atoms with van der Waals surface area (Å²) in [6.45, 7) is 5.71. The molecule has 88 valence electrons. The first-order valence-corrected chi connectivity index (χ1v) is 5.29. The molecule has 0 spiro atoms. The van der Waals surface area contributed by atoms with Gasteiger partial charge >= 0.3 is 0 Å². The van der Waals surface area contributed by atoms with Gasteiger partial charge in [-0.3, -0.25) is 0 Å². The molecular formula is C13H17F2N. The number of nitrogens with one attached hydrogen (secondary N) is 1. The van der Waals surface area contributed by atoms with E-state index in [4.69, 9.17) is 0 Å². The highest BCUT2D eigenvalue weighted by atomic mass is 19.1. The van der Waals surface area contributed by atoms with Crippen LogP contribution in [0.25, 0.3) is 0 Å². The Balaban J connectivity index is 2.81. The van der Waals surface area contributed by atoms with Crippen molar-refractivity contribution in [3.63, 3.8) is 0 Å². The highest BCUT2D eigenvalue weighted by Crippen LogP contribution is 2.16. The van der Waals surface area contributed by atoms with E-state index in [-0.39, 0.29) is 11.6 Å². The van der Waals surface area contributed by atoms with Gasteiger partial charge < -0.3 is 5.32 Å². The number of benzene rings is 1. The molecule has 0 heterocycles. The molecule has 1 rings (SSSR count). The molecule has 0 saturated carbocycles. The number of likely N-dealkylation sites (N-methyl/N-ethyl adjacent to an activating group) is 1. The maximum Gasteiger partial charge on any atom is 0.129 e. The van der Waals surface area contributed by atoms with Crippen LogP contribution in [-0.2, 0) is 6.42 Å². The average Bonchev–Trinajstić information content (AvgIpc) is 2.21. The van der Waals surface area contributed by atoms with E-state index in [2.05, 4.69) is 11.9 Å². The van der Waals surface area contributed by atoms with E-state index >= 15 is 0 Å². The van der Waals surface area contributed by atoms with Gasteiger partial charge in [-0.05, 0) is 38.9 Å². The fraction of sp³-hybridized carbons (Fsp3) is 0.385. The lowest BCUT2D eigenvalue weighted by Crippen LogP contribution is -2.28. The third-order valence-electron chi connectivity index (χ3n) is 2.52. The van der Waals surface area contributed by atoms with Gasteiger partial charge in [-0.2, -0.15) is 0 Å². The van der Waals surface area contributed by atoms with Gasteiger partial charge in [0, 0.05) is 11.6 Å². The van der Waals surface area contributed by atoms with Gasteiger partial charge in [-0.15, -0.1) is 6.58 Å². The predicted molar refractivity (Wildman–Crippen MR) is 62.3 cm³/mol. The van der Waals surface area contributed by atoms with E-state index in [9.17, 15) is 8.78 Å². The zero-order chi connectivity index (χ0) is 12.1. The number of halogens is 2. The topological polar surface area (TPSA) is 12.0 Å². The Morgan fingerprint density at radius 2 is 1.94 bits per heavy atom. The van der Waals surface area contributed by atoms with Gasteiger partial charge in [-0.1, -0.05) is 11.6 Å². The molecule has 1 aromatic rings. The van der Waals surface area contributed by atoms with Crippen LogP contribution in [0.1, 0.15) is 18.9 Å². The van der Waals surface area contributed by atoms with Crippen LogP contribution in [0.3, 0.4) is 0 Å². The molecule has 3 heteroatoms. The molecule has 0 radical (unpaired) electrons. The van der Waals surface area contributed by atoms with Gasteiger partial charge in [0.15, 0.2) is 0 Å². The summed E-state index contributed by atoms with van der Waals surface area (Å²) in [6.07, 6.45) is 1.05. The van der Waals surface area contributed by atoms with Gasteiger partial charge in [0.25, 0.3) is 0 Å². The largest absolute Gasteiger partial charge is 0.316 e. The van der Waals surface area contributed by atoms with Crippen molar-refractivity contribution in [3.8, 4) is 0 Å². The summed E-state index contributed by atoms with van der Waals surface area (Å²) in [7, 11) is 1.78. The molecule has 1 aromatic carbocycles. The Kier molecular flexibility index (Phi) is 4.62. The molecule has 1 atom stereocenters. The molecule has 0 aromatic heterocycles. The van der Waals surface area contributed by atoms with Crippen LogP contribution in [0.5, 0.6) is 0 Å². The summed E-state index contributed by atoms with van der Waals surface area (Å²) < 4.78 is 26.8. The summed E-state index contributed by atoms with van der Waals surface area (Å²) in [4.78, 5) is 0.